The second-order valence-corrected chi connectivity index (χ2v) is 3.92. The van der Waals surface area contributed by atoms with Gasteiger partial charge in [0.2, 0.25) is 0 Å². The van der Waals surface area contributed by atoms with Gasteiger partial charge in [0.05, 0.1) is 4.47 Å². The summed E-state index contributed by atoms with van der Waals surface area (Å²) in [6.07, 6.45) is 1.72. The Kier molecular flexibility index (Phi) is 3.86. The van der Waals surface area contributed by atoms with E-state index in [4.69, 9.17) is 4.74 Å². The second kappa shape index (κ2) is 4.94. The van der Waals surface area contributed by atoms with Crippen molar-refractivity contribution in [3.05, 3.63) is 47.0 Å². The molecule has 0 aromatic heterocycles. The van der Waals surface area contributed by atoms with Crippen LogP contribution < -0.4 is 4.74 Å². The minimum atomic E-state index is -0.429. The highest BCUT2D eigenvalue weighted by Gasteiger charge is 2.08. The van der Waals surface area contributed by atoms with Gasteiger partial charge in [0.25, 0.3) is 0 Å². The molecule has 1 rings (SSSR count). The molecule has 1 aromatic rings. The van der Waals surface area contributed by atoms with Crippen LogP contribution in [0.25, 0.3) is 6.08 Å². The molecule has 0 amide bonds. The number of hydrogen-bond donors (Lipinski definition) is 0. The lowest BCUT2D eigenvalue weighted by Gasteiger charge is -2.06. The summed E-state index contributed by atoms with van der Waals surface area (Å²) in [4.78, 5) is 11.3. The summed E-state index contributed by atoms with van der Waals surface area (Å²) in [5, 5.41) is 0. The van der Waals surface area contributed by atoms with Crippen molar-refractivity contribution in [2.24, 2.45) is 0 Å². The first-order valence-corrected chi connectivity index (χ1v) is 5.13. The average molecular weight is 267 g/mol. The fourth-order valence-electron chi connectivity index (χ4n) is 0.914. The molecule has 0 aliphatic rings. The molecule has 0 aliphatic heterocycles. The molecule has 0 saturated heterocycles. The normalized spacial score (nSPS) is 9.47. The summed E-state index contributed by atoms with van der Waals surface area (Å²) in [7, 11) is 0. The number of carbonyl (C=O) groups excluding carboxylic acids is 1. The molecule has 0 unspecified atom stereocenters. The van der Waals surface area contributed by atoms with Gasteiger partial charge in [0.1, 0.15) is 5.75 Å². The van der Waals surface area contributed by atoms with Crippen molar-refractivity contribution in [2.75, 3.05) is 0 Å². The van der Waals surface area contributed by atoms with Crippen molar-refractivity contribution >= 4 is 28.0 Å². The van der Waals surface area contributed by atoms with E-state index in [1.807, 2.05) is 12.1 Å². The molecule has 3 heteroatoms. The summed E-state index contributed by atoms with van der Waals surface area (Å²) in [6, 6.07) is 5.36. The van der Waals surface area contributed by atoms with E-state index < -0.39 is 5.97 Å². The summed E-state index contributed by atoms with van der Waals surface area (Å²) < 4.78 is 5.80. The van der Waals surface area contributed by atoms with Crippen LogP contribution in [0.2, 0.25) is 0 Å². The lowest BCUT2D eigenvalue weighted by Crippen LogP contribution is -2.08. The van der Waals surface area contributed by atoms with Crippen molar-refractivity contribution in [1.29, 1.82) is 0 Å². The lowest BCUT2D eigenvalue weighted by molar-refractivity contribution is -0.130. The maximum Gasteiger partial charge on any atom is 0.338 e. The molecular formula is C12H11BrO2. The summed E-state index contributed by atoms with van der Waals surface area (Å²) >= 11 is 3.31. The predicted molar refractivity (Wildman–Crippen MR) is 64.7 cm³/mol. The van der Waals surface area contributed by atoms with E-state index in [1.54, 1.807) is 19.1 Å². The molecule has 2 nitrogen and oxygen atoms in total. The number of halogens is 1. The van der Waals surface area contributed by atoms with E-state index in [2.05, 4.69) is 29.1 Å². The first-order chi connectivity index (χ1) is 7.04. The summed E-state index contributed by atoms with van der Waals surface area (Å²) in [5.41, 5.74) is 1.33. The Balaban J connectivity index is 2.92. The predicted octanol–water partition coefficient (Wildman–Crippen LogP) is 3.57. The maximum absolute atomic E-state index is 11.3. The Morgan fingerprint density at radius 2 is 2.20 bits per heavy atom. The molecule has 78 valence electrons. The van der Waals surface area contributed by atoms with Gasteiger partial charge in [-0.05, 0) is 40.5 Å². The molecule has 0 radical (unpaired) electrons. The van der Waals surface area contributed by atoms with Gasteiger partial charge in [-0.3, -0.25) is 0 Å². The van der Waals surface area contributed by atoms with E-state index >= 15 is 0 Å². The van der Waals surface area contributed by atoms with Crippen molar-refractivity contribution in [3.8, 4) is 5.75 Å². The van der Waals surface area contributed by atoms with Crippen LogP contribution in [0, 0.1) is 0 Å². The Morgan fingerprint density at radius 1 is 1.53 bits per heavy atom. The highest BCUT2D eigenvalue weighted by Crippen LogP contribution is 2.26. The molecule has 0 atom stereocenters. The Labute approximate surface area is 97.4 Å². The number of benzene rings is 1. The first kappa shape index (κ1) is 11.7. The lowest BCUT2D eigenvalue weighted by atomic mass is 10.2. The minimum absolute atomic E-state index is 0.370. The number of ether oxygens (including phenoxy) is 1. The molecular weight excluding hydrogens is 256 g/mol. The minimum Gasteiger partial charge on any atom is -0.422 e. The average Bonchev–Trinajstić information content (AvgIpc) is 2.20. The van der Waals surface area contributed by atoms with Crippen LogP contribution in [0.3, 0.4) is 0 Å². The largest absolute Gasteiger partial charge is 0.422 e. The SMILES string of the molecule is C=Cc1ccc(OC(=O)C(=C)C)c(Br)c1. The second-order valence-electron chi connectivity index (χ2n) is 3.06. The van der Waals surface area contributed by atoms with Crippen molar-refractivity contribution in [1.82, 2.24) is 0 Å². The van der Waals surface area contributed by atoms with Crippen LogP contribution in [0.15, 0.2) is 41.4 Å². The van der Waals surface area contributed by atoms with Gasteiger partial charge in [0.15, 0.2) is 0 Å². The quantitative estimate of drug-likeness (QED) is 0.475. The van der Waals surface area contributed by atoms with Crippen LogP contribution in [-0.4, -0.2) is 5.97 Å². The van der Waals surface area contributed by atoms with E-state index in [0.29, 0.717) is 11.3 Å². The van der Waals surface area contributed by atoms with Crippen LogP contribution in [0.4, 0.5) is 0 Å². The van der Waals surface area contributed by atoms with Crippen LogP contribution >= 0.6 is 15.9 Å². The molecule has 0 fully saturated rings. The number of esters is 1. The zero-order valence-electron chi connectivity index (χ0n) is 8.42. The molecule has 0 saturated carbocycles. The van der Waals surface area contributed by atoms with Crippen LogP contribution in [0.5, 0.6) is 5.75 Å². The number of hydrogen-bond acceptors (Lipinski definition) is 2. The zero-order chi connectivity index (χ0) is 11.4. The Bertz CT molecular complexity index is 422. The zero-order valence-corrected chi connectivity index (χ0v) is 10.0. The van der Waals surface area contributed by atoms with Gasteiger partial charge >= 0.3 is 5.97 Å². The Hall–Kier alpha value is -1.35. The third-order valence-electron chi connectivity index (χ3n) is 1.74. The molecule has 15 heavy (non-hydrogen) atoms. The standard InChI is InChI=1S/C12H11BrO2/c1-4-9-5-6-11(10(13)7-9)15-12(14)8(2)3/h4-7H,1-2H2,3H3. The molecule has 0 aliphatic carbocycles. The number of rotatable bonds is 3. The van der Waals surface area contributed by atoms with Gasteiger partial charge in [-0.25, -0.2) is 4.79 Å². The van der Waals surface area contributed by atoms with Crippen molar-refractivity contribution in [3.63, 3.8) is 0 Å². The molecule has 0 N–H and O–H groups in total. The van der Waals surface area contributed by atoms with Crippen LogP contribution in [-0.2, 0) is 4.79 Å². The Morgan fingerprint density at radius 3 is 2.67 bits per heavy atom. The van der Waals surface area contributed by atoms with E-state index in [9.17, 15) is 4.79 Å². The van der Waals surface area contributed by atoms with Gasteiger partial charge < -0.3 is 4.74 Å². The van der Waals surface area contributed by atoms with Gasteiger partial charge in [-0.15, -0.1) is 0 Å². The summed E-state index contributed by atoms with van der Waals surface area (Å²) in [6.45, 7) is 8.76. The fourth-order valence-corrected chi connectivity index (χ4v) is 1.39. The highest BCUT2D eigenvalue weighted by atomic mass is 79.9. The molecule has 0 spiro atoms. The van der Waals surface area contributed by atoms with Crippen LogP contribution in [0.1, 0.15) is 12.5 Å². The third kappa shape index (κ3) is 3.06. The van der Waals surface area contributed by atoms with Gasteiger partial charge in [-0.2, -0.15) is 0 Å². The van der Waals surface area contributed by atoms with E-state index in [0.717, 1.165) is 10.0 Å². The third-order valence-corrected chi connectivity index (χ3v) is 2.36. The van der Waals surface area contributed by atoms with Gasteiger partial charge in [-0.1, -0.05) is 25.3 Å². The van der Waals surface area contributed by atoms with Crippen molar-refractivity contribution in [2.45, 2.75) is 6.92 Å². The number of carbonyl (C=O) groups is 1. The fraction of sp³-hybridized carbons (Fsp3) is 0.0833. The molecule has 1 aromatic carbocycles. The summed E-state index contributed by atoms with van der Waals surface area (Å²) in [5.74, 6) is 0.0515. The smallest absolute Gasteiger partial charge is 0.338 e. The van der Waals surface area contributed by atoms with E-state index in [-0.39, 0.29) is 0 Å². The van der Waals surface area contributed by atoms with Crippen molar-refractivity contribution < 1.29 is 9.53 Å². The highest BCUT2D eigenvalue weighted by molar-refractivity contribution is 9.10. The molecule has 0 heterocycles. The van der Waals surface area contributed by atoms with Gasteiger partial charge in [0, 0.05) is 5.57 Å². The van der Waals surface area contributed by atoms with E-state index in [1.165, 1.54) is 0 Å². The molecule has 0 bridgehead atoms. The monoisotopic (exact) mass is 266 g/mol. The maximum atomic E-state index is 11.3. The first-order valence-electron chi connectivity index (χ1n) is 4.34. The topological polar surface area (TPSA) is 26.3 Å².